The van der Waals surface area contributed by atoms with Crippen molar-refractivity contribution in [3.05, 3.63) is 46.2 Å². The zero-order chi connectivity index (χ0) is 13.7. The largest absolute Gasteiger partial charge is 0.383 e. The van der Waals surface area contributed by atoms with Crippen LogP contribution in [0, 0.1) is 6.92 Å². The predicted molar refractivity (Wildman–Crippen MR) is 80.3 cm³/mol. The number of anilines is 1. The first-order chi connectivity index (χ1) is 9.19. The molecule has 102 valence electrons. The minimum absolute atomic E-state index is 0.673. The molecule has 1 aromatic heterocycles. The van der Waals surface area contributed by atoms with Gasteiger partial charge in [-0.2, -0.15) is 5.10 Å². The van der Waals surface area contributed by atoms with Crippen molar-refractivity contribution in [2.24, 2.45) is 0 Å². The normalized spacial score (nSPS) is 10.7. The lowest BCUT2D eigenvalue weighted by Gasteiger charge is -2.06. The smallest absolute Gasteiger partial charge is 0.0729 e. The van der Waals surface area contributed by atoms with Crippen LogP contribution in [0.1, 0.15) is 11.1 Å². The average molecular weight is 324 g/mol. The molecule has 0 fully saturated rings. The maximum absolute atomic E-state index is 5.02. The van der Waals surface area contributed by atoms with Crippen LogP contribution in [0.4, 0.5) is 5.69 Å². The molecule has 0 bridgehead atoms. The molecular weight excluding hydrogens is 306 g/mol. The molecule has 1 N–H and O–H groups in total. The minimum atomic E-state index is 0.673. The number of rotatable bonds is 6. The minimum Gasteiger partial charge on any atom is -0.383 e. The Morgan fingerprint density at radius 3 is 3.00 bits per heavy atom. The third-order valence-electron chi connectivity index (χ3n) is 2.89. The van der Waals surface area contributed by atoms with E-state index >= 15 is 0 Å². The van der Waals surface area contributed by atoms with E-state index in [9.17, 15) is 0 Å². The van der Waals surface area contributed by atoms with Gasteiger partial charge in [-0.1, -0.05) is 28.1 Å². The lowest BCUT2D eigenvalue weighted by atomic mass is 10.1. The van der Waals surface area contributed by atoms with Crippen LogP contribution in [0.2, 0.25) is 0 Å². The number of hydrogen-bond donors (Lipinski definition) is 1. The van der Waals surface area contributed by atoms with Gasteiger partial charge in [0, 0.05) is 24.3 Å². The molecule has 19 heavy (non-hydrogen) atoms. The second-order valence-electron chi connectivity index (χ2n) is 4.42. The Labute approximate surface area is 121 Å². The van der Waals surface area contributed by atoms with Gasteiger partial charge < -0.3 is 10.1 Å². The van der Waals surface area contributed by atoms with Gasteiger partial charge in [0.1, 0.15) is 0 Å². The highest BCUT2D eigenvalue weighted by molar-refractivity contribution is 9.10. The first-order valence-corrected chi connectivity index (χ1v) is 6.98. The lowest BCUT2D eigenvalue weighted by molar-refractivity contribution is 0.183. The van der Waals surface area contributed by atoms with Crippen molar-refractivity contribution in [1.29, 1.82) is 0 Å². The van der Waals surface area contributed by atoms with Gasteiger partial charge in [0.05, 0.1) is 25.0 Å². The summed E-state index contributed by atoms with van der Waals surface area (Å²) in [5, 5.41) is 7.62. The van der Waals surface area contributed by atoms with E-state index in [-0.39, 0.29) is 0 Å². The van der Waals surface area contributed by atoms with Crippen LogP contribution in [-0.2, 0) is 17.8 Å². The third kappa shape index (κ3) is 4.08. The topological polar surface area (TPSA) is 39.1 Å². The monoisotopic (exact) mass is 323 g/mol. The van der Waals surface area contributed by atoms with Crippen LogP contribution < -0.4 is 5.32 Å². The quantitative estimate of drug-likeness (QED) is 0.887. The maximum Gasteiger partial charge on any atom is 0.0729 e. The third-order valence-corrected chi connectivity index (χ3v) is 3.74. The summed E-state index contributed by atoms with van der Waals surface area (Å²) in [5.74, 6) is 0. The molecule has 0 saturated heterocycles. The fraction of sp³-hybridized carbons (Fsp3) is 0.357. The molecule has 0 saturated carbocycles. The first kappa shape index (κ1) is 14.1. The Morgan fingerprint density at radius 2 is 2.26 bits per heavy atom. The van der Waals surface area contributed by atoms with Gasteiger partial charge in [-0.15, -0.1) is 0 Å². The summed E-state index contributed by atoms with van der Waals surface area (Å²) < 4.78 is 8.04. The summed E-state index contributed by atoms with van der Waals surface area (Å²) in [7, 11) is 1.69. The van der Waals surface area contributed by atoms with Gasteiger partial charge in [0.15, 0.2) is 0 Å². The van der Waals surface area contributed by atoms with Gasteiger partial charge in [-0.3, -0.25) is 4.68 Å². The molecule has 0 amide bonds. The van der Waals surface area contributed by atoms with Crippen LogP contribution in [0.15, 0.2) is 35.1 Å². The van der Waals surface area contributed by atoms with Gasteiger partial charge >= 0.3 is 0 Å². The van der Waals surface area contributed by atoms with E-state index < -0.39 is 0 Å². The Kier molecular flexibility index (Phi) is 4.99. The van der Waals surface area contributed by atoms with Crippen molar-refractivity contribution in [1.82, 2.24) is 9.78 Å². The molecule has 0 spiro atoms. The summed E-state index contributed by atoms with van der Waals surface area (Å²) in [6.45, 7) is 4.32. The standard InChI is InChI=1S/C14H18BrN3O/c1-11-3-4-12(7-14(11)15)8-16-13-9-17-18(10-13)5-6-19-2/h3-4,7,9-10,16H,5-6,8H2,1-2H3. The van der Waals surface area contributed by atoms with Crippen molar-refractivity contribution in [2.45, 2.75) is 20.0 Å². The molecule has 0 radical (unpaired) electrons. The molecule has 5 heteroatoms. The highest BCUT2D eigenvalue weighted by atomic mass is 79.9. The number of ether oxygens (including phenoxy) is 1. The van der Waals surface area contributed by atoms with Crippen molar-refractivity contribution >= 4 is 21.6 Å². The van der Waals surface area contributed by atoms with Crippen LogP contribution in [0.5, 0.6) is 0 Å². The molecule has 1 aromatic carbocycles. The molecule has 1 heterocycles. The molecule has 0 aliphatic heterocycles. The summed E-state index contributed by atoms with van der Waals surface area (Å²) in [5.41, 5.74) is 3.51. The van der Waals surface area contributed by atoms with Crippen molar-refractivity contribution < 1.29 is 4.74 Å². The predicted octanol–water partition coefficient (Wildman–Crippen LogP) is 3.21. The highest BCUT2D eigenvalue weighted by Gasteiger charge is 2.00. The Hall–Kier alpha value is -1.33. The number of halogens is 1. The number of aryl methyl sites for hydroxylation is 1. The Morgan fingerprint density at radius 1 is 1.42 bits per heavy atom. The van der Waals surface area contributed by atoms with E-state index in [4.69, 9.17) is 4.74 Å². The van der Waals surface area contributed by atoms with Crippen LogP contribution in [0.3, 0.4) is 0 Å². The molecule has 4 nitrogen and oxygen atoms in total. The molecule has 0 aliphatic rings. The van der Waals surface area contributed by atoms with Crippen molar-refractivity contribution in [2.75, 3.05) is 19.0 Å². The molecule has 0 aliphatic carbocycles. The number of nitrogens with one attached hydrogen (secondary N) is 1. The molecule has 0 unspecified atom stereocenters. The highest BCUT2D eigenvalue weighted by Crippen LogP contribution is 2.18. The van der Waals surface area contributed by atoms with E-state index in [1.807, 2.05) is 17.1 Å². The van der Waals surface area contributed by atoms with E-state index in [2.05, 4.69) is 51.5 Å². The van der Waals surface area contributed by atoms with Gasteiger partial charge in [0.25, 0.3) is 0 Å². The Balaban J connectivity index is 1.91. The summed E-state index contributed by atoms with van der Waals surface area (Å²) in [4.78, 5) is 0. The number of benzene rings is 1. The van der Waals surface area contributed by atoms with Gasteiger partial charge in [0.2, 0.25) is 0 Å². The summed E-state index contributed by atoms with van der Waals surface area (Å²) >= 11 is 3.55. The number of methoxy groups -OCH3 is 1. The zero-order valence-corrected chi connectivity index (χ0v) is 12.8. The number of nitrogens with zero attached hydrogens (tertiary/aromatic N) is 2. The molecular formula is C14H18BrN3O. The molecule has 2 rings (SSSR count). The van der Waals surface area contributed by atoms with Crippen LogP contribution >= 0.6 is 15.9 Å². The van der Waals surface area contributed by atoms with Crippen LogP contribution in [-0.4, -0.2) is 23.5 Å². The van der Waals surface area contributed by atoms with E-state index in [1.165, 1.54) is 11.1 Å². The zero-order valence-electron chi connectivity index (χ0n) is 11.2. The fourth-order valence-corrected chi connectivity index (χ4v) is 2.14. The van der Waals surface area contributed by atoms with Crippen LogP contribution in [0.25, 0.3) is 0 Å². The van der Waals surface area contributed by atoms with E-state index in [0.29, 0.717) is 6.61 Å². The van der Waals surface area contributed by atoms with Gasteiger partial charge in [-0.25, -0.2) is 0 Å². The van der Waals surface area contributed by atoms with E-state index in [0.717, 1.165) is 23.2 Å². The molecule has 2 aromatic rings. The van der Waals surface area contributed by atoms with E-state index in [1.54, 1.807) is 7.11 Å². The second kappa shape index (κ2) is 6.73. The molecule has 0 atom stereocenters. The summed E-state index contributed by atoms with van der Waals surface area (Å²) in [6.07, 6.45) is 3.82. The SMILES string of the molecule is COCCn1cc(NCc2ccc(C)c(Br)c2)cn1. The fourth-order valence-electron chi connectivity index (χ4n) is 1.71. The lowest BCUT2D eigenvalue weighted by Crippen LogP contribution is -2.04. The maximum atomic E-state index is 5.02. The van der Waals surface area contributed by atoms with Crippen molar-refractivity contribution in [3.63, 3.8) is 0 Å². The van der Waals surface area contributed by atoms with Gasteiger partial charge in [-0.05, 0) is 24.1 Å². The number of hydrogen-bond acceptors (Lipinski definition) is 3. The number of aromatic nitrogens is 2. The first-order valence-electron chi connectivity index (χ1n) is 6.19. The second-order valence-corrected chi connectivity index (χ2v) is 5.28. The summed E-state index contributed by atoms with van der Waals surface area (Å²) in [6, 6.07) is 6.38. The Bertz CT molecular complexity index is 539. The van der Waals surface area contributed by atoms with Crippen molar-refractivity contribution in [3.8, 4) is 0 Å². The average Bonchev–Trinajstić information content (AvgIpc) is 2.86.